The van der Waals surface area contributed by atoms with Crippen molar-refractivity contribution in [2.24, 2.45) is 0 Å². The van der Waals surface area contributed by atoms with Gasteiger partial charge in [-0.15, -0.1) is 0 Å². The first kappa shape index (κ1) is 6.68. The molecule has 0 atom stereocenters. The van der Waals surface area contributed by atoms with E-state index < -0.39 is 6.17 Å². The predicted molar refractivity (Wildman–Crippen MR) is 32.0 cm³/mol. The summed E-state index contributed by atoms with van der Waals surface area (Å²) in [6.45, 7) is 2.82. The molecule has 0 saturated carbocycles. The maximum Gasteiger partial charge on any atom is 0.143 e. The Labute approximate surface area is 53.6 Å². The Morgan fingerprint density at radius 3 is 2.67 bits per heavy atom. The first-order valence-electron chi connectivity index (χ1n) is 3.04. The Balaban J connectivity index is 2.11. The molecule has 52 valence electrons. The summed E-state index contributed by atoms with van der Waals surface area (Å²) in [5.74, 6) is 0.113. The molecule has 0 amide bonds. The van der Waals surface area contributed by atoms with Crippen molar-refractivity contribution < 1.29 is 9.18 Å². The third kappa shape index (κ3) is 1.75. The smallest absolute Gasteiger partial charge is 0.143 e. The molecule has 3 heteroatoms. The molecule has 9 heavy (non-hydrogen) atoms. The monoisotopic (exact) mass is 131 g/mol. The van der Waals surface area contributed by atoms with E-state index in [1.165, 1.54) is 6.92 Å². The number of rotatable bonds is 2. The van der Waals surface area contributed by atoms with Crippen molar-refractivity contribution in [2.45, 2.75) is 13.1 Å². The molecule has 1 fully saturated rings. The van der Waals surface area contributed by atoms with E-state index in [1.807, 2.05) is 0 Å². The van der Waals surface area contributed by atoms with Crippen molar-refractivity contribution in [2.75, 3.05) is 19.6 Å². The van der Waals surface area contributed by atoms with E-state index in [9.17, 15) is 9.18 Å². The summed E-state index contributed by atoms with van der Waals surface area (Å²) in [7, 11) is 0. The predicted octanol–water partition coefficient (Wildman–Crippen LogP) is 0.229. The molecular weight excluding hydrogens is 121 g/mol. The minimum atomic E-state index is -0.690. The number of alkyl halides is 1. The second-order valence-corrected chi connectivity index (χ2v) is 2.49. The standard InChI is InChI=1S/C6H10FNO/c1-5(9)2-8-3-6(7)4-8/h6H,2-4H2,1H3. The fourth-order valence-corrected chi connectivity index (χ4v) is 0.951. The van der Waals surface area contributed by atoms with Crippen molar-refractivity contribution >= 4 is 5.78 Å². The largest absolute Gasteiger partial charge is 0.299 e. The van der Waals surface area contributed by atoms with Crippen molar-refractivity contribution in [3.8, 4) is 0 Å². The van der Waals surface area contributed by atoms with Gasteiger partial charge in [0, 0.05) is 13.1 Å². The van der Waals surface area contributed by atoms with Crippen LogP contribution in [0.15, 0.2) is 0 Å². The zero-order chi connectivity index (χ0) is 6.85. The Morgan fingerprint density at radius 1 is 1.78 bits per heavy atom. The maximum atomic E-state index is 12.1. The van der Waals surface area contributed by atoms with Crippen LogP contribution in [0, 0.1) is 0 Å². The van der Waals surface area contributed by atoms with Gasteiger partial charge in [-0.05, 0) is 6.92 Å². The van der Waals surface area contributed by atoms with Gasteiger partial charge in [0.25, 0.3) is 0 Å². The van der Waals surface area contributed by atoms with E-state index in [0.29, 0.717) is 19.6 Å². The van der Waals surface area contributed by atoms with E-state index in [2.05, 4.69) is 0 Å². The Bertz CT molecular complexity index is 120. The summed E-state index contributed by atoms with van der Waals surface area (Å²) in [4.78, 5) is 12.2. The lowest BCUT2D eigenvalue weighted by atomic mass is 10.2. The molecule has 0 radical (unpaired) electrons. The molecule has 0 aromatic rings. The highest BCUT2D eigenvalue weighted by Gasteiger charge is 2.26. The minimum absolute atomic E-state index is 0.113. The maximum absolute atomic E-state index is 12.1. The number of likely N-dealkylation sites (tertiary alicyclic amines) is 1. The molecular formula is C6H10FNO. The summed E-state index contributed by atoms with van der Waals surface area (Å²) in [5, 5.41) is 0. The van der Waals surface area contributed by atoms with Gasteiger partial charge in [-0.25, -0.2) is 4.39 Å². The highest BCUT2D eigenvalue weighted by molar-refractivity contribution is 5.77. The summed E-state index contributed by atoms with van der Waals surface area (Å²) in [6, 6.07) is 0. The lowest BCUT2D eigenvalue weighted by Gasteiger charge is -2.33. The summed E-state index contributed by atoms with van der Waals surface area (Å²) in [5.41, 5.74) is 0. The molecule has 0 N–H and O–H groups in total. The highest BCUT2D eigenvalue weighted by atomic mass is 19.1. The van der Waals surface area contributed by atoms with Gasteiger partial charge in [-0.2, -0.15) is 0 Å². The van der Waals surface area contributed by atoms with Crippen LogP contribution < -0.4 is 0 Å². The van der Waals surface area contributed by atoms with E-state index in [-0.39, 0.29) is 5.78 Å². The zero-order valence-electron chi connectivity index (χ0n) is 5.43. The van der Waals surface area contributed by atoms with Gasteiger partial charge in [0.2, 0.25) is 0 Å². The molecule has 0 aromatic heterocycles. The van der Waals surface area contributed by atoms with Crippen LogP contribution in [0.5, 0.6) is 0 Å². The molecule has 0 spiro atoms. The first-order valence-corrected chi connectivity index (χ1v) is 3.04. The van der Waals surface area contributed by atoms with Gasteiger partial charge in [0.15, 0.2) is 0 Å². The summed E-state index contributed by atoms with van der Waals surface area (Å²) < 4.78 is 12.1. The normalized spacial score (nSPS) is 21.6. The lowest BCUT2D eigenvalue weighted by Crippen LogP contribution is -2.49. The number of ketones is 1. The molecule has 1 rings (SSSR count). The van der Waals surface area contributed by atoms with Crippen LogP contribution in [-0.2, 0) is 4.79 Å². The summed E-state index contributed by atoms with van der Waals surface area (Å²) in [6.07, 6.45) is -0.690. The zero-order valence-corrected chi connectivity index (χ0v) is 5.43. The Morgan fingerprint density at radius 2 is 2.33 bits per heavy atom. The molecule has 1 saturated heterocycles. The second-order valence-electron chi connectivity index (χ2n) is 2.49. The lowest BCUT2D eigenvalue weighted by molar-refractivity contribution is -0.119. The number of halogens is 1. The molecule has 0 aromatic carbocycles. The van der Waals surface area contributed by atoms with E-state index in [4.69, 9.17) is 0 Å². The van der Waals surface area contributed by atoms with Crippen LogP contribution in [0.1, 0.15) is 6.92 Å². The summed E-state index contributed by atoms with van der Waals surface area (Å²) >= 11 is 0. The number of Topliss-reactive ketones (excluding diaryl/α,β-unsaturated/α-hetero) is 1. The van der Waals surface area contributed by atoms with E-state index in [1.54, 1.807) is 4.90 Å². The third-order valence-corrected chi connectivity index (χ3v) is 1.36. The highest BCUT2D eigenvalue weighted by Crippen LogP contribution is 2.09. The van der Waals surface area contributed by atoms with Gasteiger partial charge in [-0.1, -0.05) is 0 Å². The average Bonchev–Trinajstić information content (AvgIpc) is 1.60. The fourth-order valence-electron chi connectivity index (χ4n) is 0.951. The van der Waals surface area contributed by atoms with Gasteiger partial charge in [0.1, 0.15) is 12.0 Å². The van der Waals surface area contributed by atoms with Crippen LogP contribution >= 0.6 is 0 Å². The minimum Gasteiger partial charge on any atom is -0.299 e. The number of carbonyl (C=O) groups is 1. The van der Waals surface area contributed by atoms with Crippen molar-refractivity contribution in [3.63, 3.8) is 0 Å². The van der Waals surface area contributed by atoms with Crippen LogP contribution in [0.25, 0.3) is 0 Å². The van der Waals surface area contributed by atoms with Crippen molar-refractivity contribution in [1.82, 2.24) is 4.90 Å². The van der Waals surface area contributed by atoms with Crippen LogP contribution in [0.4, 0.5) is 4.39 Å². The Kier molecular flexibility index (Phi) is 1.81. The third-order valence-electron chi connectivity index (χ3n) is 1.36. The van der Waals surface area contributed by atoms with E-state index in [0.717, 1.165) is 0 Å². The molecule has 0 aliphatic carbocycles. The number of hydrogen-bond acceptors (Lipinski definition) is 2. The molecule has 1 aliphatic heterocycles. The van der Waals surface area contributed by atoms with Gasteiger partial charge < -0.3 is 0 Å². The molecule has 1 aliphatic rings. The van der Waals surface area contributed by atoms with Crippen LogP contribution in [0.2, 0.25) is 0 Å². The SMILES string of the molecule is CC(=O)CN1CC(F)C1. The fraction of sp³-hybridized carbons (Fsp3) is 0.833. The van der Waals surface area contributed by atoms with E-state index >= 15 is 0 Å². The molecule has 1 heterocycles. The van der Waals surface area contributed by atoms with Crippen molar-refractivity contribution in [1.29, 1.82) is 0 Å². The Hall–Kier alpha value is -0.440. The van der Waals surface area contributed by atoms with Crippen LogP contribution in [-0.4, -0.2) is 36.5 Å². The van der Waals surface area contributed by atoms with Gasteiger partial charge in [-0.3, -0.25) is 9.69 Å². The number of nitrogens with zero attached hydrogens (tertiary/aromatic N) is 1. The molecule has 0 unspecified atom stereocenters. The first-order chi connectivity index (χ1) is 4.18. The molecule has 0 bridgehead atoms. The molecule has 2 nitrogen and oxygen atoms in total. The van der Waals surface area contributed by atoms with Gasteiger partial charge >= 0.3 is 0 Å². The second kappa shape index (κ2) is 2.43. The van der Waals surface area contributed by atoms with Crippen LogP contribution in [0.3, 0.4) is 0 Å². The van der Waals surface area contributed by atoms with Crippen molar-refractivity contribution in [3.05, 3.63) is 0 Å². The average molecular weight is 131 g/mol. The quantitative estimate of drug-likeness (QED) is 0.534. The van der Waals surface area contributed by atoms with Gasteiger partial charge in [0.05, 0.1) is 6.54 Å². The topological polar surface area (TPSA) is 20.3 Å². The number of hydrogen-bond donors (Lipinski definition) is 0. The number of carbonyl (C=O) groups excluding carboxylic acids is 1.